The minimum atomic E-state index is -0.190. The minimum Gasteiger partial charge on any atom is -0.469 e. The van der Waals surface area contributed by atoms with Crippen LogP contribution < -0.4 is 5.90 Å². The first-order chi connectivity index (χ1) is 7.26. The van der Waals surface area contributed by atoms with E-state index in [9.17, 15) is 4.79 Å². The number of methoxy groups -OCH3 is 1. The zero-order chi connectivity index (χ0) is 11.1. The molecule has 1 rings (SSSR count). The molecule has 5 heteroatoms. The molecule has 0 aliphatic heterocycles. The van der Waals surface area contributed by atoms with Crippen molar-refractivity contribution in [3.8, 4) is 0 Å². The van der Waals surface area contributed by atoms with Gasteiger partial charge in [-0.05, 0) is 17.5 Å². The van der Waals surface area contributed by atoms with E-state index in [-0.39, 0.29) is 18.4 Å². The van der Waals surface area contributed by atoms with Crippen LogP contribution in [0.2, 0.25) is 0 Å². The summed E-state index contributed by atoms with van der Waals surface area (Å²) in [6.07, 6.45) is 1.10. The van der Waals surface area contributed by atoms with Crippen molar-refractivity contribution in [2.75, 3.05) is 7.11 Å². The molecule has 0 bridgehead atoms. The number of rotatable bonds is 5. The molecule has 0 heterocycles. The summed E-state index contributed by atoms with van der Waals surface area (Å²) in [6.45, 7) is 0.400. The van der Waals surface area contributed by atoms with E-state index in [0.29, 0.717) is 19.4 Å². The number of hydrogen-bond donors (Lipinski definition) is 1. The molecule has 0 saturated carbocycles. The van der Waals surface area contributed by atoms with E-state index < -0.39 is 0 Å². The Balaban J connectivity index is 0.00000225. The zero-order valence-electron chi connectivity index (χ0n) is 9.14. The summed E-state index contributed by atoms with van der Waals surface area (Å²) in [5.74, 6) is 4.76. The first-order valence-electron chi connectivity index (χ1n) is 4.72. The van der Waals surface area contributed by atoms with Crippen molar-refractivity contribution in [2.24, 2.45) is 5.90 Å². The molecule has 0 atom stereocenters. The number of nitrogens with two attached hydrogens (primary N) is 1. The van der Waals surface area contributed by atoms with Gasteiger partial charge in [-0.1, -0.05) is 24.3 Å². The van der Waals surface area contributed by atoms with Crippen molar-refractivity contribution in [3.63, 3.8) is 0 Å². The second-order valence-electron chi connectivity index (χ2n) is 3.20. The molecule has 0 saturated heterocycles. The average Bonchev–Trinajstić information content (AvgIpc) is 2.28. The highest BCUT2D eigenvalue weighted by molar-refractivity contribution is 5.85. The Kier molecular flexibility index (Phi) is 7.54. The summed E-state index contributed by atoms with van der Waals surface area (Å²) in [7, 11) is 1.39. The summed E-state index contributed by atoms with van der Waals surface area (Å²) < 4.78 is 4.56. The van der Waals surface area contributed by atoms with Gasteiger partial charge in [0.05, 0.1) is 13.7 Å². The van der Waals surface area contributed by atoms with Crippen LogP contribution in [0.4, 0.5) is 0 Å². The summed E-state index contributed by atoms with van der Waals surface area (Å²) in [4.78, 5) is 15.4. The maximum Gasteiger partial charge on any atom is 0.305 e. The van der Waals surface area contributed by atoms with E-state index in [1.807, 2.05) is 24.3 Å². The second kappa shape index (κ2) is 8.10. The minimum absolute atomic E-state index is 0. The molecule has 0 spiro atoms. The van der Waals surface area contributed by atoms with Gasteiger partial charge in [-0.25, -0.2) is 5.90 Å². The molecule has 2 N–H and O–H groups in total. The second-order valence-corrected chi connectivity index (χ2v) is 3.20. The van der Waals surface area contributed by atoms with Gasteiger partial charge in [0.25, 0.3) is 0 Å². The Morgan fingerprint density at radius 2 is 1.81 bits per heavy atom. The third kappa shape index (κ3) is 5.11. The van der Waals surface area contributed by atoms with Gasteiger partial charge < -0.3 is 4.74 Å². The van der Waals surface area contributed by atoms with Crippen LogP contribution in [0.15, 0.2) is 24.3 Å². The lowest BCUT2D eigenvalue weighted by Gasteiger charge is -2.02. The average molecular weight is 246 g/mol. The molecule has 0 fully saturated rings. The van der Waals surface area contributed by atoms with Gasteiger partial charge in [-0.2, -0.15) is 0 Å². The van der Waals surface area contributed by atoms with Gasteiger partial charge in [0.15, 0.2) is 0 Å². The first kappa shape index (κ1) is 14.9. The number of ether oxygens (including phenoxy) is 1. The Labute approximate surface area is 101 Å². The van der Waals surface area contributed by atoms with Crippen LogP contribution >= 0.6 is 12.4 Å². The Hall–Kier alpha value is -1.10. The fourth-order valence-corrected chi connectivity index (χ4v) is 1.25. The number of carbonyl (C=O) groups is 1. The van der Waals surface area contributed by atoms with E-state index in [2.05, 4.69) is 9.57 Å². The molecule has 0 aromatic heterocycles. The molecule has 0 aliphatic rings. The molecular formula is C11H16ClNO3. The summed E-state index contributed by atoms with van der Waals surface area (Å²) in [5, 5.41) is 0. The Bertz CT molecular complexity index is 314. The predicted octanol–water partition coefficient (Wildman–Crippen LogP) is 1.60. The van der Waals surface area contributed by atoms with Crippen LogP contribution in [-0.4, -0.2) is 13.1 Å². The van der Waals surface area contributed by atoms with E-state index in [1.165, 1.54) is 7.11 Å². The summed E-state index contributed by atoms with van der Waals surface area (Å²) in [6, 6.07) is 7.77. The molecule has 0 amide bonds. The SMILES string of the molecule is COC(=O)CCc1ccc(CON)cc1.Cl. The quantitative estimate of drug-likeness (QED) is 0.632. The van der Waals surface area contributed by atoms with Crippen molar-refractivity contribution in [2.45, 2.75) is 19.4 Å². The standard InChI is InChI=1S/C11H15NO3.ClH/c1-14-11(13)7-6-9-2-4-10(5-3-9)8-15-12;/h2-5H,6-8,12H2,1H3;1H. The van der Waals surface area contributed by atoms with Gasteiger partial charge in [0.1, 0.15) is 0 Å². The highest BCUT2D eigenvalue weighted by Gasteiger charge is 2.01. The highest BCUT2D eigenvalue weighted by Crippen LogP contribution is 2.07. The van der Waals surface area contributed by atoms with Crippen LogP contribution in [0.3, 0.4) is 0 Å². The first-order valence-corrected chi connectivity index (χ1v) is 4.72. The predicted molar refractivity (Wildman–Crippen MR) is 63.0 cm³/mol. The van der Waals surface area contributed by atoms with Crippen molar-refractivity contribution >= 4 is 18.4 Å². The van der Waals surface area contributed by atoms with E-state index in [1.54, 1.807) is 0 Å². The fourth-order valence-electron chi connectivity index (χ4n) is 1.25. The van der Waals surface area contributed by atoms with Gasteiger partial charge in [0, 0.05) is 6.42 Å². The number of aryl methyl sites for hydroxylation is 1. The molecule has 16 heavy (non-hydrogen) atoms. The van der Waals surface area contributed by atoms with Crippen LogP contribution in [0.25, 0.3) is 0 Å². The van der Waals surface area contributed by atoms with Crippen molar-refractivity contribution in [1.29, 1.82) is 0 Å². The van der Waals surface area contributed by atoms with E-state index >= 15 is 0 Å². The van der Waals surface area contributed by atoms with Crippen LogP contribution in [0.5, 0.6) is 0 Å². The van der Waals surface area contributed by atoms with Crippen LogP contribution in [0, 0.1) is 0 Å². The number of hydrogen-bond acceptors (Lipinski definition) is 4. The van der Waals surface area contributed by atoms with E-state index in [0.717, 1.165) is 11.1 Å². The summed E-state index contributed by atoms with van der Waals surface area (Å²) >= 11 is 0. The van der Waals surface area contributed by atoms with Crippen LogP contribution in [-0.2, 0) is 27.4 Å². The van der Waals surface area contributed by atoms with E-state index in [4.69, 9.17) is 5.90 Å². The lowest BCUT2D eigenvalue weighted by atomic mass is 10.1. The van der Waals surface area contributed by atoms with Crippen molar-refractivity contribution < 1.29 is 14.4 Å². The maximum atomic E-state index is 10.9. The number of esters is 1. The number of benzene rings is 1. The Morgan fingerprint density at radius 3 is 2.31 bits per heavy atom. The normalized spacial score (nSPS) is 9.38. The molecule has 0 radical (unpaired) electrons. The monoisotopic (exact) mass is 245 g/mol. The number of halogens is 1. The third-order valence-corrected chi connectivity index (χ3v) is 2.12. The smallest absolute Gasteiger partial charge is 0.305 e. The number of carbonyl (C=O) groups excluding carboxylic acids is 1. The summed E-state index contributed by atoms with van der Waals surface area (Å²) in [5.41, 5.74) is 2.11. The molecule has 1 aromatic rings. The Morgan fingerprint density at radius 1 is 1.25 bits per heavy atom. The largest absolute Gasteiger partial charge is 0.469 e. The van der Waals surface area contributed by atoms with Gasteiger partial charge in [-0.15, -0.1) is 12.4 Å². The highest BCUT2D eigenvalue weighted by atomic mass is 35.5. The fraction of sp³-hybridized carbons (Fsp3) is 0.364. The molecule has 4 nitrogen and oxygen atoms in total. The molecule has 0 aliphatic carbocycles. The van der Waals surface area contributed by atoms with Gasteiger partial charge in [-0.3, -0.25) is 9.63 Å². The molecular weight excluding hydrogens is 230 g/mol. The maximum absolute atomic E-state index is 10.9. The van der Waals surface area contributed by atoms with Crippen LogP contribution in [0.1, 0.15) is 17.5 Å². The zero-order valence-corrected chi connectivity index (χ0v) is 9.96. The third-order valence-electron chi connectivity index (χ3n) is 2.12. The lowest BCUT2D eigenvalue weighted by molar-refractivity contribution is -0.140. The lowest BCUT2D eigenvalue weighted by Crippen LogP contribution is -2.02. The molecule has 90 valence electrons. The molecule has 1 aromatic carbocycles. The van der Waals surface area contributed by atoms with Gasteiger partial charge in [0.2, 0.25) is 0 Å². The van der Waals surface area contributed by atoms with Crippen molar-refractivity contribution in [3.05, 3.63) is 35.4 Å². The van der Waals surface area contributed by atoms with Crippen molar-refractivity contribution in [1.82, 2.24) is 0 Å². The van der Waals surface area contributed by atoms with Gasteiger partial charge >= 0.3 is 5.97 Å². The topological polar surface area (TPSA) is 61.5 Å². The molecule has 0 unspecified atom stereocenters.